The lowest BCUT2D eigenvalue weighted by Gasteiger charge is -2.27. The lowest BCUT2D eigenvalue weighted by Crippen LogP contribution is -2.41. The average Bonchev–Trinajstić information content (AvgIpc) is 3.07. The molecule has 0 radical (unpaired) electrons. The van der Waals surface area contributed by atoms with Crippen LogP contribution in [-0.2, 0) is 4.74 Å². The minimum absolute atomic E-state index is 0.113. The van der Waals surface area contributed by atoms with Crippen LogP contribution < -0.4 is 5.32 Å². The second-order valence-corrected chi connectivity index (χ2v) is 5.27. The topological polar surface area (TPSA) is 37.6 Å². The molecule has 3 rings (SSSR count). The van der Waals surface area contributed by atoms with E-state index in [9.17, 15) is 0 Å². The molecule has 0 amide bonds. The van der Waals surface area contributed by atoms with Crippen LogP contribution in [0.25, 0.3) is 0 Å². The molecule has 1 fully saturated rings. The molecule has 112 valence electrons. The third-order valence-electron chi connectivity index (χ3n) is 3.84. The molecule has 1 N–H and O–H groups in total. The van der Waals surface area contributed by atoms with Gasteiger partial charge in [0.25, 0.3) is 0 Å². The summed E-state index contributed by atoms with van der Waals surface area (Å²) in [7, 11) is 0. The molecule has 1 aliphatic rings. The number of rotatable bonds is 6. The number of nitrogens with one attached hydrogen (secondary N) is 1. The van der Waals surface area contributed by atoms with Gasteiger partial charge in [0.05, 0.1) is 25.5 Å². The maximum Gasteiger partial charge on any atom is 0.125 e. The van der Waals surface area contributed by atoms with E-state index in [2.05, 4.69) is 34.5 Å². The van der Waals surface area contributed by atoms with Crippen LogP contribution in [0.4, 0.5) is 0 Å². The molecule has 0 bridgehead atoms. The summed E-state index contributed by atoms with van der Waals surface area (Å²) in [6.45, 7) is 5.71. The molecular weight excluding hydrogens is 264 g/mol. The predicted molar refractivity (Wildman–Crippen MR) is 82.3 cm³/mol. The number of furan rings is 1. The maximum atomic E-state index is 5.60. The monoisotopic (exact) mass is 286 g/mol. The molecule has 4 heteroatoms. The molecule has 2 aromatic rings. The summed E-state index contributed by atoms with van der Waals surface area (Å²) in [5.41, 5.74) is 1.23. The van der Waals surface area contributed by atoms with Crippen LogP contribution in [0, 0.1) is 0 Å². The van der Waals surface area contributed by atoms with Crippen LogP contribution in [0.15, 0.2) is 53.1 Å². The Morgan fingerprint density at radius 1 is 1.05 bits per heavy atom. The highest BCUT2D eigenvalue weighted by atomic mass is 16.5. The smallest absolute Gasteiger partial charge is 0.125 e. The van der Waals surface area contributed by atoms with E-state index < -0.39 is 0 Å². The summed E-state index contributed by atoms with van der Waals surface area (Å²) < 4.78 is 11.0. The Morgan fingerprint density at radius 3 is 2.57 bits per heavy atom. The van der Waals surface area contributed by atoms with Gasteiger partial charge in [0.15, 0.2) is 0 Å². The van der Waals surface area contributed by atoms with E-state index in [0.717, 1.165) is 45.2 Å². The third-order valence-corrected chi connectivity index (χ3v) is 3.84. The molecule has 1 aromatic heterocycles. The Bertz CT molecular complexity index is 507. The fourth-order valence-electron chi connectivity index (χ4n) is 2.68. The number of morpholine rings is 1. The van der Waals surface area contributed by atoms with E-state index in [1.54, 1.807) is 6.26 Å². The molecule has 1 aromatic carbocycles. The van der Waals surface area contributed by atoms with Crippen LogP contribution >= 0.6 is 0 Å². The largest absolute Gasteiger partial charge is 0.467 e. The first kappa shape index (κ1) is 14.3. The van der Waals surface area contributed by atoms with Crippen LogP contribution in [0.2, 0.25) is 0 Å². The van der Waals surface area contributed by atoms with Gasteiger partial charge in [-0.05, 0) is 17.7 Å². The van der Waals surface area contributed by atoms with Crippen molar-refractivity contribution in [3.63, 3.8) is 0 Å². The van der Waals surface area contributed by atoms with Crippen LogP contribution in [0.3, 0.4) is 0 Å². The first-order valence-corrected chi connectivity index (χ1v) is 7.55. The van der Waals surface area contributed by atoms with Crippen molar-refractivity contribution in [2.75, 3.05) is 39.4 Å². The van der Waals surface area contributed by atoms with Crippen molar-refractivity contribution in [2.24, 2.45) is 0 Å². The third kappa shape index (κ3) is 3.94. The van der Waals surface area contributed by atoms with E-state index in [4.69, 9.17) is 9.15 Å². The van der Waals surface area contributed by atoms with Crippen molar-refractivity contribution in [3.8, 4) is 0 Å². The first-order valence-electron chi connectivity index (χ1n) is 7.55. The maximum absolute atomic E-state index is 5.60. The summed E-state index contributed by atoms with van der Waals surface area (Å²) in [4.78, 5) is 2.43. The van der Waals surface area contributed by atoms with Gasteiger partial charge in [-0.25, -0.2) is 0 Å². The molecule has 0 spiro atoms. The molecule has 0 aliphatic carbocycles. The van der Waals surface area contributed by atoms with Gasteiger partial charge < -0.3 is 14.5 Å². The minimum atomic E-state index is 0.113. The molecule has 21 heavy (non-hydrogen) atoms. The Morgan fingerprint density at radius 2 is 1.86 bits per heavy atom. The molecule has 1 unspecified atom stereocenters. The fraction of sp³-hybridized carbons (Fsp3) is 0.412. The molecule has 2 heterocycles. The van der Waals surface area contributed by atoms with Crippen LogP contribution in [-0.4, -0.2) is 44.3 Å². The van der Waals surface area contributed by atoms with E-state index in [-0.39, 0.29) is 6.04 Å². The molecule has 1 aliphatic heterocycles. The predicted octanol–water partition coefficient (Wildman–Crippen LogP) is 2.29. The van der Waals surface area contributed by atoms with Gasteiger partial charge in [-0.1, -0.05) is 30.3 Å². The van der Waals surface area contributed by atoms with Crippen molar-refractivity contribution in [1.29, 1.82) is 0 Å². The van der Waals surface area contributed by atoms with Gasteiger partial charge in [0.2, 0.25) is 0 Å². The fourth-order valence-corrected chi connectivity index (χ4v) is 2.68. The number of nitrogens with zero attached hydrogens (tertiary/aromatic N) is 1. The lowest BCUT2D eigenvalue weighted by atomic mass is 10.0. The van der Waals surface area contributed by atoms with Crippen molar-refractivity contribution in [1.82, 2.24) is 10.2 Å². The normalized spacial score (nSPS) is 17.7. The quantitative estimate of drug-likeness (QED) is 0.884. The van der Waals surface area contributed by atoms with Gasteiger partial charge in [-0.15, -0.1) is 0 Å². The summed E-state index contributed by atoms with van der Waals surface area (Å²) in [5, 5.41) is 3.61. The van der Waals surface area contributed by atoms with Crippen molar-refractivity contribution >= 4 is 0 Å². The molecule has 1 saturated heterocycles. The Kier molecular flexibility index (Phi) is 5.05. The van der Waals surface area contributed by atoms with Gasteiger partial charge >= 0.3 is 0 Å². The summed E-state index contributed by atoms with van der Waals surface area (Å²) in [5.74, 6) is 0.961. The second-order valence-electron chi connectivity index (χ2n) is 5.27. The lowest BCUT2D eigenvalue weighted by molar-refractivity contribution is 0.0382. The van der Waals surface area contributed by atoms with E-state index in [1.165, 1.54) is 5.56 Å². The van der Waals surface area contributed by atoms with Gasteiger partial charge in [-0.3, -0.25) is 4.90 Å². The van der Waals surface area contributed by atoms with Crippen LogP contribution in [0.1, 0.15) is 17.4 Å². The number of ether oxygens (including phenoxy) is 1. The number of benzene rings is 1. The zero-order valence-electron chi connectivity index (χ0n) is 12.2. The van der Waals surface area contributed by atoms with Crippen molar-refractivity contribution in [2.45, 2.75) is 6.04 Å². The minimum Gasteiger partial charge on any atom is -0.467 e. The first-order chi connectivity index (χ1) is 10.4. The highest BCUT2D eigenvalue weighted by Gasteiger charge is 2.17. The summed E-state index contributed by atoms with van der Waals surface area (Å²) >= 11 is 0. The van der Waals surface area contributed by atoms with Gasteiger partial charge in [-0.2, -0.15) is 0 Å². The SMILES string of the molecule is c1ccc(C(NCCN2CCOCC2)c2ccco2)cc1. The zero-order chi connectivity index (χ0) is 14.3. The highest BCUT2D eigenvalue weighted by molar-refractivity contribution is 5.26. The second kappa shape index (κ2) is 7.41. The Balaban J connectivity index is 1.60. The highest BCUT2D eigenvalue weighted by Crippen LogP contribution is 2.21. The molecular formula is C17H22N2O2. The molecule has 0 saturated carbocycles. The Labute approximate surface area is 125 Å². The van der Waals surface area contributed by atoms with Crippen molar-refractivity contribution in [3.05, 3.63) is 60.1 Å². The summed E-state index contributed by atoms with van der Waals surface area (Å²) in [6, 6.07) is 14.5. The average molecular weight is 286 g/mol. The Hall–Kier alpha value is -1.62. The standard InChI is InChI=1S/C17H22N2O2/c1-2-5-15(6-3-1)17(16-7-4-12-21-16)18-8-9-19-10-13-20-14-11-19/h1-7,12,17-18H,8-11,13-14H2. The number of hydrogen-bond donors (Lipinski definition) is 1. The van der Waals surface area contributed by atoms with Crippen LogP contribution in [0.5, 0.6) is 0 Å². The van der Waals surface area contributed by atoms with E-state index in [1.807, 2.05) is 18.2 Å². The molecule has 1 atom stereocenters. The van der Waals surface area contributed by atoms with Crippen molar-refractivity contribution < 1.29 is 9.15 Å². The number of hydrogen-bond acceptors (Lipinski definition) is 4. The summed E-state index contributed by atoms with van der Waals surface area (Å²) in [6.07, 6.45) is 1.73. The van der Waals surface area contributed by atoms with E-state index in [0.29, 0.717) is 0 Å². The zero-order valence-corrected chi connectivity index (χ0v) is 12.2. The van der Waals surface area contributed by atoms with E-state index >= 15 is 0 Å². The van der Waals surface area contributed by atoms with Gasteiger partial charge in [0, 0.05) is 26.2 Å². The molecule has 4 nitrogen and oxygen atoms in total. The van der Waals surface area contributed by atoms with Gasteiger partial charge in [0.1, 0.15) is 5.76 Å².